The van der Waals surface area contributed by atoms with Gasteiger partial charge in [-0.3, -0.25) is 0 Å². The van der Waals surface area contributed by atoms with Gasteiger partial charge in [0.15, 0.2) is 0 Å². The van der Waals surface area contributed by atoms with Gasteiger partial charge in [-0.2, -0.15) is 0 Å². The van der Waals surface area contributed by atoms with Crippen LogP contribution in [0.25, 0.3) is 0 Å². The summed E-state index contributed by atoms with van der Waals surface area (Å²) in [6.07, 6.45) is 4.20. The van der Waals surface area contributed by atoms with Gasteiger partial charge in [0.25, 0.3) is 0 Å². The molecule has 0 bridgehead atoms. The van der Waals surface area contributed by atoms with Gasteiger partial charge in [0.1, 0.15) is 0 Å². The Morgan fingerprint density at radius 2 is 2.29 bits per heavy atom. The Hall–Kier alpha value is -0.260. The molecule has 0 spiro atoms. The molecule has 1 radical (unpaired) electrons. The molecular weight excluding hydrogens is 84.1 g/mol. The van der Waals surface area contributed by atoms with E-state index in [2.05, 4.69) is 13.8 Å². The second kappa shape index (κ2) is 3.91. The fourth-order valence-corrected chi connectivity index (χ4v) is 0.552. The Kier molecular flexibility index (Phi) is 3.77. The summed E-state index contributed by atoms with van der Waals surface area (Å²) in [5.41, 5.74) is 0. The number of rotatable bonds is 3. The summed E-state index contributed by atoms with van der Waals surface area (Å²) in [7, 11) is 0. The molecule has 0 aliphatic rings. The molecule has 1 unspecified atom stereocenters. The molecule has 0 N–H and O–H groups in total. The van der Waals surface area contributed by atoms with Gasteiger partial charge in [0.05, 0.1) is 0 Å². The molecule has 0 saturated carbocycles. The monoisotopic (exact) mass is 97.1 g/mol. The van der Waals surface area contributed by atoms with Crippen molar-refractivity contribution in [1.29, 1.82) is 0 Å². The van der Waals surface area contributed by atoms with E-state index in [-0.39, 0.29) is 0 Å². The lowest BCUT2D eigenvalue weighted by atomic mass is 10.1. The van der Waals surface area contributed by atoms with E-state index in [0.29, 0.717) is 5.92 Å². The molecule has 0 aromatic carbocycles. The van der Waals surface area contributed by atoms with Gasteiger partial charge in [-0.1, -0.05) is 32.9 Å². The Labute approximate surface area is 46.2 Å². The molecule has 0 heterocycles. The smallest absolute Gasteiger partial charge is 0.0259 e. The van der Waals surface area contributed by atoms with Gasteiger partial charge in [0, 0.05) is 0 Å². The minimum atomic E-state index is 0.602. The highest BCUT2D eigenvalue weighted by atomic mass is 13.9. The summed E-state index contributed by atoms with van der Waals surface area (Å²) in [5.74, 6) is 0.602. The maximum absolute atomic E-state index is 5.23. The highest BCUT2D eigenvalue weighted by molar-refractivity contribution is 4.70. The van der Waals surface area contributed by atoms with Crippen LogP contribution >= 0.6 is 0 Å². The molecule has 0 aliphatic heterocycles. The first-order valence-corrected chi connectivity index (χ1v) is 2.86. The summed E-state index contributed by atoms with van der Waals surface area (Å²) < 4.78 is 0. The van der Waals surface area contributed by atoms with Crippen molar-refractivity contribution in [1.82, 2.24) is 0 Å². The maximum Gasteiger partial charge on any atom is -0.0259 e. The highest BCUT2D eigenvalue weighted by Crippen LogP contribution is 2.03. The van der Waals surface area contributed by atoms with Crippen molar-refractivity contribution in [3.8, 4) is 0 Å². The standard InChI is InChI=1S/C7H13/c1-4-6-7(3)5-2/h2,5,7H,4,6H2,1,3H3. The molecule has 0 rings (SSSR count). The van der Waals surface area contributed by atoms with Crippen LogP contribution in [0.3, 0.4) is 0 Å². The summed E-state index contributed by atoms with van der Waals surface area (Å²) in [4.78, 5) is 0. The Morgan fingerprint density at radius 1 is 1.71 bits per heavy atom. The van der Waals surface area contributed by atoms with E-state index in [1.165, 1.54) is 12.8 Å². The van der Waals surface area contributed by atoms with E-state index in [1.807, 2.05) is 0 Å². The lowest BCUT2D eigenvalue weighted by Gasteiger charge is -1.98. The predicted octanol–water partition coefficient (Wildman–Crippen LogP) is 2.41. The van der Waals surface area contributed by atoms with Crippen molar-refractivity contribution >= 4 is 0 Å². The van der Waals surface area contributed by atoms with Crippen molar-refractivity contribution in [2.45, 2.75) is 26.7 Å². The third-order valence-electron chi connectivity index (χ3n) is 1.07. The third-order valence-corrected chi connectivity index (χ3v) is 1.07. The van der Waals surface area contributed by atoms with Crippen molar-refractivity contribution in [3.05, 3.63) is 12.7 Å². The number of hydrogen-bond acceptors (Lipinski definition) is 0. The van der Waals surface area contributed by atoms with Crippen molar-refractivity contribution < 1.29 is 0 Å². The number of hydrogen-bond donors (Lipinski definition) is 0. The SMILES string of the molecule is [CH]=CC(C)CCC. The van der Waals surface area contributed by atoms with Crippen molar-refractivity contribution in [2.24, 2.45) is 5.92 Å². The Bertz CT molecular complexity index is 46.0. The molecule has 41 valence electrons. The molecule has 0 heteroatoms. The summed E-state index contributed by atoms with van der Waals surface area (Å²) in [5, 5.41) is 0. The van der Waals surface area contributed by atoms with Gasteiger partial charge >= 0.3 is 0 Å². The van der Waals surface area contributed by atoms with Gasteiger partial charge < -0.3 is 0 Å². The Balaban J connectivity index is 2.98. The second-order valence-electron chi connectivity index (χ2n) is 1.96. The summed E-state index contributed by atoms with van der Waals surface area (Å²) >= 11 is 0. The average molecular weight is 97.2 g/mol. The first kappa shape index (κ1) is 6.74. The van der Waals surface area contributed by atoms with Gasteiger partial charge in [0.2, 0.25) is 0 Å². The lowest BCUT2D eigenvalue weighted by molar-refractivity contribution is 0.634. The molecule has 0 aromatic rings. The average Bonchev–Trinajstić information content (AvgIpc) is 1.68. The topological polar surface area (TPSA) is 0 Å². The van der Waals surface area contributed by atoms with Gasteiger partial charge in [-0.25, -0.2) is 0 Å². The molecule has 0 aromatic heterocycles. The zero-order valence-electron chi connectivity index (χ0n) is 5.15. The van der Waals surface area contributed by atoms with Crippen LogP contribution in [0.5, 0.6) is 0 Å². The van der Waals surface area contributed by atoms with Crippen LogP contribution in [-0.2, 0) is 0 Å². The summed E-state index contributed by atoms with van der Waals surface area (Å²) in [6.45, 7) is 9.53. The second-order valence-corrected chi connectivity index (χ2v) is 1.96. The first-order valence-electron chi connectivity index (χ1n) is 2.86. The first-order chi connectivity index (χ1) is 3.31. The molecule has 0 fully saturated rings. The molecule has 7 heavy (non-hydrogen) atoms. The molecular formula is C7H13. The van der Waals surface area contributed by atoms with E-state index >= 15 is 0 Å². The van der Waals surface area contributed by atoms with Gasteiger partial charge in [-0.15, -0.1) is 0 Å². The quantitative estimate of drug-likeness (QED) is 0.507. The van der Waals surface area contributed by atoms with Crippen LogP contribution in [0.4, 0.5) is 0 Å². The van der Waals surface area contributed by atoms with Crippen LogP contribution in [0.15, 0.2) is 6.08 Å². The van der Waals surface area contributed by atoms with Crippen molar-refractivity contribution in [2.75, 3.05) is 0 Å². The van der Waals surface area contributed by atoms with Crippen LogP contribution in [0.1, 0.15) is 26.7 Å². The third kappa shape index (κ3) is 3.57. The van der Waals surface area contributed by atoms with Crippen LogP contribution in [0, 0.1) is 12.5 Å². The largest absolute Gasteiger partial charge is 0.0817 e. The Morgan fingerprint density at radius 3 is 2.43 bits per heavy atom. The molecule has 1 atom stereocenters. The van der Waals surface area contributed by atoms with E-state index in [1.54, 1.807) is 6.08 Å². The minimum absolute atomic E-state index is 0.602. The van der Waals surface area contributed by atoms with E-state index in [4.69, 9.17) is 6.58 Å². The fraction of sp³-hybridized carbons (Fsp3) is 0.714. The van der Waals surface area contributed by atoms with Gasteiger partial charge in [-0.05, 0) is 12.3 Å². The highest BCUT2D eigenvalue weighted by Gasteiger charge is 1.89. The molecule has 0 nitrogen and oxygen atoms in total. The molecule has 0 saturated heterocycles. The molecule has 0 aliphatic carbocycles. The zero-order chi connectivity index (χ0) is 5.70. The zero-order valence-corrected chi connectivity index (χ0v) is 5.15. The minimum Gasteiger partial charge on any atom is -0.0817 e. The van der Waals surface area contributed by atoms with E-state index in [9.17, 15) is 0 Å². The van der Waals surface area contributed by atoms with E-state index < -0.39 is 0 Å². The van der Waals surface area contributed by atoms with Crippen LogP contribution in [-0.4, -0.2) is 0 Å². The maximum atomic E-state index is 5.23. The number of allylic oxidation sites excluding steroid dienone is 1. The van der Waals surface area contributed by atoms with E-state index in [0.717, 1.165) is 0 Å². The molecule has 0 amide bonds. The fourth-order valence-electron chi connectivity index (χ4n) is 0.552. The predicted molar refractivity (Wildman–Crippen MR) is 32.9 cm³/mol. The lowest BCUT2D eigenvalue weighted by Crippen LogP contribution is -1.84. The van der Waals surface area contributed by atoms with Crippen LogP contribution in [0.2, 0.25) is 0 Å². The normalized spacial score (nSPS) is 13.4. The van der Waals surface area contributed by atoms with Crippen molar-refractivity contribution in [3.63, 3.8) is 0 Å². The van der Waals surface area contributed by atoms with Crippen LogP contribution < -0.4 is 0 Å². The summed E-state index contributed by atoms with van der Waals surface area (Å²) in [6, 6.07) is 0.